The van der Waals surface area contributed by atoms with E-state index in [0.717, 1.165) is 23.9 Å². The van der Waals surface area contributed by atoms with Gasteiger partial charge in [-0.05, 0) is 24.5 Å². The van der Waals surface area contributed by atoms with Crippen molar-refractivity contribution in [3.05, 3.63) is 34.3 Å². The first-order chi connectivity index (χ1) is 9.58. The van der Waals surface area contributed by atoms with Crippen LogP contribution < -0.4 is 5.32 Å². The molecule has 0 bridgehead atoms. The van der Waals surface area contributed by atoms with Crippen molar-refractivity contribution in [1.29, 1.82) is 0 Å². The van der Waals surface area contributed by atoms with E-state index >= 15 is 0 Å². The molecule has 2 rings (SSSR count). The van der Waals surface area contributed by atoms with Gasteiger partial charge in [0.15, 0.2) is 0 Å². The maximum Gasteiger partial charge on any atom is 0.224 e. The van der Waals surface area contributed by atoms with Gasteiger partial charge in [-0.25, -0.2) is 0 Å². The Bertz CT molecular complexity index is 458. The number of nitrogens with zero attached hydrogens (tertiary/aromatic N) is 1. The van der Waals surface area contributed by atoms with Gasteiger partial charge in [0.25, 0.3) is 0 Å². The number of hydrogen-bond donors (Lipinski definition) is 1. The Labute approximate surface area is 129 Å². The number of amides is 1. The normalized spacial score (nSPS) is 14.6. The largest absolute Gasteiger partial charge is 0.335 e. The van der Waals surface area contributed by atoms with Gasteiger partial charge in [-0.15, -0.1) is 0 Å². The molecule has 0 unspecified atom stereocenters. The quantitative estimate of drug-likeness (QED) is 0.826. The van der Waals surface area contributed by atoms with Crippen molar-refractivity contribution in [3.63, 3.8) is 0 Å². The summed E-state index contributed by atoms with van der Waals surface area (Å²) in [5.41, 5.74) is 1.18. The minimum atomic E-state index is 0.261. The summed E-state index contributed by atoms with van der Waals surface area (Å²) in [6.07, 6.45) is 2.88. The number of halogens is 1. The van der Waals surface area contributed by atoms with Crippen LogP contribution in [0.25, 0.3) is 0 Å². The highest BCUT2D eigenvalue weighted by Gasteiger charge is 2.32. The Hall–Kier alpha value is -0.870. The van der Waals surface area contributed by atoms with Crippen LogP contribution in [0.1, 0.15) is 38.7 Å². The van der Waals surface area contributed by atoms with Crippen LogP contribution in [-0.2, 0) is 11.3 Å². The molecule has 1 N–H and O–H groups in total. The Morgan fingerprint density at radius 2 is 2.10 bits per heavy atom. The predicted octanol–water partition coefficient (Wildman–Crippen LogP) is 3.33. The second kappa shape index (κ2) is 7.23. The number of rotatable bonds is 7. The van der Waals surface area contributed by atoms with Gasteiger partial charge >= 0.3 is 0 Å². The standard InChI is InChI=1S/C16H23BrN2O/c1-12(2)18-10-9-16(20)19(14-7-8-14)11-13-5-3-4-6-15(13)17/h3-6,12,14,18H,7-11H2,1-2H3. The third kappa shape index (κ3) is 4.60. The molecule has 1 fully saturated rings. The third-order valence-corrected chi connectivity index (χ3v) is 4.27. The van der Waals surface area contributed by atoms with E-state index in [2.05, 4.69) is 41.2 Å². The Balaban J connectivity index is 1.93. The van der Waals surface area contributed by atoms with Gasteiger partial charge < -0.3 is 10.2 Å². The fraction of sp³-hybridized carbons (Fsp3) is 0.562. The summed E-state index contributed by atoms with van der Waals surface area (Å²) >= 11 is 3.56. The molecular weight excluding hydrogens is 316 g/mol. The van der Waals surface area contributed by atoms with E-state index in [1.807, 2.05) is 23.1 Å². The fourth-order valence-corrected chi connectivity index (χ4v) is 2.64. The predicted molar refractivity (Wildman–Crippen MR) is 85.5 cm³/mol. The Kier molecular flexibility index (Phi) is 5.61. The summed E-state index contributed by atoms with van der Waals surface area (Å²) in [7, 11) is 0. The lowest BCUT2D eigenvalue weighted by Crippen LogP contribution is -2.35. The highest BCUT2D eigenvalue weighted by atomic mass is 79.9. The lowest BCUT2D eigenvalue weighted by atomic mass is 10.2. The van der Waals surface area contributed by atoms with Crippen molar-refractivity contribution in [1.82, 2.24) is 10.2 Å². The zero-order valence-electron chi connectivity index (χ0n) is 12.2. The molecule has 0 saturated heterocycles. The molecule has 3 nitrogen and oxygen atoms in total. The average Bonchev–Trinajstić information content (AvgIpc) is 3.21. The van der Waals surface area contributed by atoms with Crippen LogP contribution in [0, 0.1) is 0 Å². The molecule has 0 radical (unpaired) electrons. The van der Waals surface area contributed by atoms with Crippen molar-refractivity contribution >= 4 is 21.8 Å². The average molecular weight is 339 g/mol. The van der Waals surface area contributed by atoms with E-state index in [0.29, 0.717) is 25.0 Å². The monoisotopic (exact) mass is 338 g/mol. The number of hydrogen-bond acceptors (Lipinski definition) is 2. The first-order valence-corrected chi connectivity index (χ1v) is 8.13. The maximum absolute atomic E-state index is 12.4. The van der Waals surface area contributed by atoms with Gasteiger partial charge in [-0.3, -0.25) is 4.79 Å². The summed E-state index contributed by atoms with van der Waals surface area (Å²) in [6.45, 7) is 5.68. The fourth-order valence-electron chi connectivity index (χ4n) is 2.23. The topological polar surface area (TPSA) is 32.3 Å². The summed E-state index contributed by atoms with van der Waals surface area (Å²) < 4.78 is 1.08. The van der Waals surface area contributed by atoms with Crippen molar-refractivity contribution in [3.8, 4) is 0 Å². The van der Waals surface area contributed by atoms with Crippen LogP contribution in [0.3, 0.4) is 0 Å². The van der Waals surface area contributed by atoms with Crippen molar-refractivity contribution in [2.24, 2.45) is 0 Å². The van der Waals surface area contributed by atoms with Crippen LogP contribution in [-0.4, -0.2) is 29.4 Å². The third-order valence-electron chi connectivity index (χ3n) is 3.50. The number of benzene rings is 1. The molecule has 4 heteroatoms. The van der Waals surface area contributed by atoms with Gasteiger partial charge in [0.05, 0.1) is 0 Å². The summed E-state index contributed by atoms with van der Waals surface area (Å²) in [6, 6.07) is 9.03. The summed E-state index contributed by atoms with van der Waals surface area (Å²) in [4.78, 5) is 14.4. The molecule has 1 aromatic carbocycles. The zero-order chi connectivity index (χ0) is 14.5. The molecule has 1 aliphatic rings. The van der Waals surface area contributed by atoms with Gasteiger partial charge in [-0.2, -0.15) is 0 Å². The molecule has 1 amide bonds. The molecule has 0 atom stereocenters. The molecular formula is C16H23BrN2O. The van der Waals surface area contributed by atoms with Gasteiger partial charge in [0, 0.05) is 36.1 Å². The Morgan fingerprint density at radius 3 is 2.70 bits per heavy atom. The van der Waals surface area contributed by atoms with Gasteiger partial charge in [-0.1, -0.05) is 48.0 Å². The van der Waals surface area contributed by atoms with Crippen LogP contribution in [0.2, 0.25) is 0 Å². The van der Waals surface area contributed by atoms with E-state index in [1.165, 1.54) is 5.56 Å². The van der Waals surface area contributed by atoms with Crippen molar-refractivity contribution < 1.29 is 4.79 Å². The summed E-state index contributed by atoms with van der Waals surface area (Å²) in [5.74, 6) is 0.261. The molecule has 20 heavy (non-hydrogen) atoms. The number of carbonyl (C=O) groups is 1. The van der Waals surface area contributed by atoms with E-state index in [9.17, 15) is 4.79 Å². The van der Waals surface area contributed by atoms with Crippen molar-refractivity contribution in [2.75, 3.05) is 6.54 Å². The molecule has 1 saturated carbocycles. The second-order valence-electron chi connectivity index (χ2n) is 5.70. The highest BCUT2D eigenvalue weighted by Crippen LogP contribution is 2.30. The summed E-state index contributed by atoms with van der Waals surface area (Å²) in [5, 5.41) is 3.31. The maximum atomic E-state index is 12.4. The minimum Gasteiger partial charge on any atom is -0.335 e. The van der Waals surface area contributed by atoms with Gasteiger partial charge in [0.2, 0.25) is 5.91 Å². The van der Waals surface area contributed by atoms with Gasteiger partial charge in [0.1, 0.15) is 0 Å². The molecule has 110 valence electrons. The smallest absolute Gasteiger partial charge is 0.224 e. The molecule has 0 aliphatic heterocycles. The SMILES string of the molecule is CC(C)NCCC(=O)N(Cc1ccccc1Br)C1CC1. The molecule has 0 aromatic heterocycles. The molecule has 0 spiro atoms. The van der Waals surface area contributed by atoms with Crippen LogP contribution in [0.4, 0.5) is 0 Å². The molecule has 1 aliphatic carbocycles. The zero-order valence-corrected chi connectivity index (χ0v) is 13.8. The Morgan fingerprint density at radius 1 is 1.40 bits per heavy atom. The second-order valence-corrected chi connectivity index (χ2v) is 6.56. The van der Waals surface area contributed by atoms with Crippen LogP contribution >= 0.6 is 15.9 Å². The van der Waals surface area contributed by atoms with E-state index in [4.69, 9.17) is 0 Å². The lowest BCUT2D eigenvalue weighted by Gasteiger charge is -2.23. The van der Waals surface area contributed by atoms with Crippen LogP contribution in [0.5, 0.6) is 0 Å². The van der Waals surface area contributed by atoms with Crippen LogP contribution in [0.15, 0.2) is 28.7 Å². The first-order valence-electron chi connectivity index (χ1n) is 7.34. The molecule has 1 aromatic rings. The molecule has 0 heterocycles. The van der Waals surface area contributed by atoms with Crippen molar-refractivity contribution in [2.45, 2.75) is 51.7 Å². The minimum absolute atomic E-state index is 0.261. The number of nitrogens with one attached hydrogen (secondary N) is 1. The first kappa shape index (κ1) is 15.5. The van der Waals surface area contributed by atoms with E-state index in [1.54, 1.807) is 0 Å². The van der Waals surface area contributed by atoms with E-state index < -0.39 is 0 Å². The lowest BCUT2D eigenvalue weighted by molar-refractivity contribution is -0.132. The highest BCUT2D eigenvalue weighted by molar-refractivity contribution is 9.10. The number of carbonyl (C=O) groups excluding carboxylic acids is 1. The van der Waals surface area contributed by atoms with E-state index in [-0.39, 0.29) is 5.91 Å².